The van der Waals surface area contributed by atoms with Gasteiger partial charge in [0.2, 0.25) is 0 Å². The molecule has 1 aromatic heterocycles. The normalized spacial score (nSPS) is 15.5. The van der Waals surface area contributed by atoms with Crippen LogP contribution in [0.2, 0.25) is 0 Å². The van der Waals surface area contributed by atoms with E-state index in [1.807, 2.05) is 0 Å². The monoisotopic (exact) mass is 936 g/mol. The molecule has 12 aromatic carbocycles. The van der Waals surface area contributed by atoms with Crippen molar-refractivity contribution in [3.63, 3.8) is 0 Å². The maximum absolute atomic E-state index is 2.52. The van der Waals surface area contributed by atoms with Gasteiger partial charge in [0.1, 0.15) is 0 Å². The summed E-state index contributed by atoms with van der Waals surface area (Å²) in [7, 11) is 0. The van der Waals surface area contributed by atoms with Crippen LogP contribution in [0.1, 0.15) is 44.5 Å². The van der Waals surface area contributed by atoms with E-state index < -0.39 is 5.41 Å². The zero-order valence-electron chi connectivity index (χ0n) is 40.3. The van der Waals surface area contributed by atoms with E-state index in [0.717, 1.165) is 17.1 Å². The number of anilines is 3. The molecule has 3 aliphatic carbocycles. The second kappa shape index (κ2) is 14.6. The molecule has 2 heterocycles. The lowest BCUT2D eigenvalue weighted by atomic mass is 9.65. The fraction of sp³-hybridized carbons (Fsp3) is 0.0278. The maximum atomic E-state index is 2.52. The molecule has 2 heteroatoms. The lowest BCUT2D eigenvalue weighted by Crippen LogP contribution is -2.33. The zero-order chi connectivity index (χ0) is 48.3. The van der Waals surface area contributed by atoms with Crippen molar-refractivity contribution >= 4 is 49.6 Å². The summed E-state index contributed by atoms with van der Waals surface area (Å²) in [6.45, 7) is 0. The topological polar surface area (TPSA) is 8.17 Å². The number of hydrogen-bond acceptors (Lipinski definition) is 1. The lowest BCUT2D eigenvalue weighted by Gasteiger charge is -2.39. The molecule has 1 aliphatic heterocycles. The van der Waals surface area contributed by atoms with Gasteiger partial charge in [0.25, 0.3) is 0 Å². The van der Waals surface area contributed by atoms with Crippen molar-refractivity contribution < 1.29 is 0 Å². The molecule has 2 nitrogen and oxygen atoms in total. The quantitative estimate of drug-likeness (QED) is 0.171. The minimum absolute atomic E-state index is 0.356. The third kappa shape index (κ3) is 4.95. The Morgan fingerprint density at radius 1 is 0.270 bits per heavy atom. The number of benzene rings is 12. The van der Waals surface area contributed by atoms with Crippen LogP contribution in [0.15, 0.2) is 267 Å². The Hall–Kier alpha value is -9.50. The molecule has 0 N–H and O–H groups in total. The Bertz CT molecular complexity index is 4520. The predicted molar refractivity (Wildman–Crippen MR) is 306 cm³/mol. The maximum Gasteiger partial charge on any atom is 0.0754 e. The van der Waals surface area contributed by atoms with Crippen LogP contribution in [-0.4, -0.2) is 4.57 Å². The van der Waals surface area contributed by atoms with E-state index in [1.165, 1.54) is 127 Å². The molecule has 0 saturated carbocycles. The van der Waals surface area contributed by atoms with E-state index in [-0.39, 0.29) is 5.41 Å². The summed E-state index contributed by atoms with van der Waals surface area (Å²) in [4.78, 5) is 2.45. The van der Waals surface area contributed by atoms with Crippen LogP contribution in [0.3, 0.4) is 0 Å². The van der Waals surface area contributed by atoms with Gasteiger partial charge in [0.05, 0.1) is 27.6 Å². The molecule has 2 spiro atoms. The summed E-state index contributed by atoms with van der Waals surface area (Å²) in [5, 5.41) is 5.01. The van der Waals surface area contributed by atoms with Crippen LogP contribution < -0.4 is 4.90 Å². The highest BCUT2D eigenvalue weighted by Crippen LogP contribution is 2.64. The van der Waals surface area contributed by atoms with Crippen molar-refractivity contribution in [2.24, 2.45) is 0 Å². The second-order valence-corrected chi connectivity index (χ2v) is 20.7. The highest BCUT2D eigenvalue weighted by atomic mass is 15.1. The van der Waals surface area contributed by atoms with Crippen LogP contribution in [-0.2, 0) is 10.8 Å². The van der Waals surface area contributed by atoms with Gasteiger partial charge in [-0.3, -0.25) is 0 Å². The van der Waals surface area contributed by atoms with Crippen molar-refractivity contribution in [2.45, 2.75) is 10.8 Å². The molecule has 13 aromatic rings. The number of hydrogen-bond donors (Lipinski definition) is 0. The number of rotatable bonds is 4. The predicted octanol–water partition coefficient (Wildman–Crippen LogP) is 18.1. The Kier molecular flexibility index (Phi) is 7.90. The molecule has 1 atom stereocenters. The molecular formula is C72H44N2. The van der Waals surface area contributed by atoms with Gasteiger partial charge in [-0.05, 0) is 154 Å². The molecular weight excluding hydrogens is 893 g/mol. The minimum Gasteiger partial charge on any atom is -0.310 e. The van der Waals surface area contributed by atoms with Gasteiger partial charge in [-0.15, -0.1) is 0 Å². The molecule has 17 rings (SSSR count). The third-order valence-electron chi connectivity index (χ3n) is 17.4. The summed E-state index contributed by atoms with van der Waals surface area (Å²) in [5.74, 6) is 0. The molecule has 342 valence electrons. The SMILES string of the molecule is c1ccc2c(c1)-c1ccccc1C21c2ccccc2-c2cc(-c3ccc(N(c4ccc5c(c4)-c4ccccc4C54c5ccccc5-n5c6ccccc6c6cccc4c65)c4ccc5ccccc5c4)cc3)ccc21. The molecule has 0 fully saturated rings. The summed E-state index contributed by atoms with van der Waals surface area (Å²) < 4.78 is 2.52. The van der Waals surface area contributed by atoms with Crippen molar-refractivity contribution in [3.05, 3.63) is 311 Å². The molecule has 0 amide bonds. The van der Waals surface area contributed by atoms with Crippen LogP contribution in [0.4, 0.5) is 17.1 Å². The van der Waals surface area contributed by atoms with Gasteiger partial charge in [-0.2, -0.15) is 0 Å². The summed E-state index contributed by atoms with van der Waals surface area (Å²) in [6, 6.07) is 101. The number of para-hydroxylation sites is 3. The van der Waals surface area contributed by atoms with Gasteiger partial charge < -0.3 is 9.47 Å². The number of nitrogens with zero attached hydrogens (tertiary/aromatic N) is 2. The van der Waals surface area contributed by atoms with Gasteiger partial charge in [-0.25, -0.2) is 0 Å². The molecule has 4 aliphatic rings. The van der Waals surface area contributed by atoms with Crippen molar-refractivity contribution in [3.8, 4) is 50.2 Å². The fourth-order valence-corrected chi connectivity index (χ4v) is 14.5. The first kappa shape index (κ1) is 40.1. The van der Waals surface area contributed by atoms with E-state index in [2.05, 4.69) is 276 Å². The Balaban J connectivity index is 0.832. The smallest absolute Gasteiger partial charge is 0.0754 e. The van der Waals surface area contributed by atoms with Crippen molar-refractivity contribution in [2.75, 3.05) is 4.90 Å². The lowest BCUT2D eigenvalue weighted by molar-refractivity contribution is 0.748. The molecule has 0 radical (unpaired) electrons. The highest BCUT2D eigenvalue weighted by molar-refractivity contribution is 6.13. The molecule has 0 saturated heterocycles. The van der Waals surface area contributed by atoms with E-state index in [4.69, 9.17) is 0 Å². The zero-order valence-corrected chi connectivity index (χ0v) is 40.3. The van der Waals surface area contributed by atoms with Crippen molar-refractivity contribution in [1.82, 2.24) is 4.57 Å². The van der Waals surface area contributed by atoms with Crippen LogP contribution >= 0.6 is 0 Å². The molecule has 1 unspecified atom stereocenters. The van der Waals surface area contributed by atoms with E-state index in [9.17, 15) is 0 Å². The summed E-state index contributed by atoms with van der Waals surface area (Å²) in [5.41, 5.74) is 27.2. The molecule has 74 heavy (non-hydrogen) atoms. The van der Waals surface area contributed by atoms with Crippen LogP contribution in [0.25, 0.3) is 82.8 Å². The van der Waals surface area contributed by atoms with Crippen molar-refractivity contribution in [1.29, 1.82) is 0 Å². The van der Waals surface area contributed by atoms with Gasteiger partial charge in [0, 0.05) is 27.8 Å². The second-order valence-electron chi connectivity index (χ2n) is 20.7. The Labute approximate surface area is 429 Å². The van der Waals surface area contributed by atoms with Crippen LogP contribution in [0.5, 0.6) is 0 Å². The average Bonchev–Trinajstić information content (AvgIpc) is 4.24. The van der Waals surface area contributed by atoms with Gasteiger partial charge in [-0.1, -0.05) is 212 Å². The van der Waals surface area contributed by atoms with Gasteiger partial charge in [0.15, 0.2) is 0 Å². The standard InChI is InChI=1S/C72H44N2/c1-2-17-47-42-50(38-34-45(47)16-1)73(49-36-32-46(33-37-49)48-35-40-64-58(43-48)54-20-5-10-26-62(54)71(64)60-24-8-3-18-52(60)53-19-4-9-25-61(53)71)51-39-41-65-59(44-51)55-21-6-11-27-63(55)72(65)66-28-12-14-31-69(66)74-68-30-13-7-22-56(68)57-23-15-29-67(72)70(57)74/h1-44H. The Morgan fingerprint density at radius 2 is 0.730 bits per heavy atom. The first-order chi connectivity index (χ1) is 36.7. The first-order valence-corrected chi connectivity index (χ1v) is 25.9. The highest BCUT2D eigenvalue weighted by Gasteiger charge is 2.53. The molecule has 0 bridgehead atoms. The number of aromatic nitrogens is 1. The largest absolute Gasteiger partial charge is 0.310 e. The first-order valence-electron chi connectivity index (χ1n) is 25.9. The summed E-state index contributed by atoms with van der Waals surface area (Å²) in [6.07, 6.45) is 0. The van der Waals surface area contributed by atoms with E-state index in [1.54, 1.807) is 0 Å². The van der Waals surface area contributed by atoms with Crippen LogP contribution in [0, 0.1) is 0 Å². The average molecular weight is 937 g/mol. The van der Waals surface area contributed by atoms with Gasteiger partial charge >= 0.3 is 0 Å². The minimum atomic E-state index is -0.513. The van der Waals surface area contributed by atoms with E-state index >= 15 is 0 Å². The Morgan fingerprint density at radius 3 is 1.43 bits per heavy atom. The fourth-order valence-electron chi connectivity index (χ4n) is 14.5. The third-order valence-corrected chi connectivity index (χ3v) is 17.4. The van der Waals surface area contributed by atoms with E-state index in [0.29, 0.717) is 0 Å². The number of fused-ring (bicyclic) bond motifs is 23. The summed E-state index contributed by atoms with van der Waals surface area (Å²) >= 11 is 0.